The smallest absolute Gasteiger partial charge is 0.269 e. The van der Waals surface area contributed by atoms with Crippen LogP contribution in [0.25, 0.3) is 22.1 Å². The van der Waals surface area contributed by atoms with E-state index in [0.717, 1.165) is 11.3 Å². The molecule has 0 saturated carbocycles. The lowest BCUT2D eigenvalue weighted by Gasteiger charge is -2.42. The van der Waals surface area contributed by atoms with Gasteiger partial charge in [0.15, 0.2) is 5.65 Å². The van der Waals surface area contributed by atoms with E-state index in [1.165, 1.54) is 10.2 Å². The summed E-state index contributed by atoms with van der Waals surface area (Å²) < 4.78 is 45.3. The third-order valence-corrected chi connectivity index (χ3v) is 8.36. The minimum absolute atomic E-state index is 0.189. The molecule has 7 nitrogen and oxygen atoms in total. The summed E-state index contributed by atoms with van der Waals surface area (Å²) in [5, 5.41) is 3.81. The molecule has 168 valence electrons. The van der Waals surface area contributed by atoms with Crippen LogP contribution in [-0.4, -0.2) is 46.2 Å². The van der Waals surface area contributed by atoms with Crippen molar-refractivity contribution in [1.82, 2.24) is 23.8 Å². The highest BCUT2D eigenvalue weighted by Crippen LogP contribution is 2.40. The monoisotopic (exact) mass is 455 g/mol. The maximum absolute atomic E-state index is 15.5. The molecule has 9 heteroatoms. The molecule has 1 aliphatic heterocycles. The number of rotatable bonds is 5. The lowest BCUT2D eigenvalue weighted by atomic mass is 9.83. The third-order valence-electron chi connectivity index (χ3n) is 6.68. The van der Waals surface area contributed by atoms with Crippen LogP contribution in [0.3, 0.4) is 0 Å². The van der Waals surface area contributed by atoms with Crippen LogP contribution in [-0.2, 0) is 22.0 Å². The van der Waals surface area contributed by atoms with Gasteiger partial charge in [-0.3, -0.25) is 0 Å². The fourth-order valence-corrected chi connectivity index (χ4v) is 6.30. The molecule has 1 fully saturated rings. The molecular weight excluding hydrogens is 429 g/mol. The quantitative estimate of drug-likeness (QED) is 0.497. The van der Waals surface area contributed by atoms with Crippen molar-refractivity contribution in [2.75, 3.05) is 13.1 Å². The Bertz CT molecular complexity index is 1400. The molecule has 0 bridgehead atoms. The lowest BCUT2D eigenvalue weighted by molar-refractivity contribution is 0.0732. The van der Waals surface area contributed by atoms with Gasteiger partial charge in [-0.15, -0.1) is 0 Å². The first kappa shape index (κ1) is 21.1. The zero-order valence-electron chi connectivity index (χ0n) is 18.1. The first-order chi connectivity index (χ1) is 15.4. The molecule has 1 saturated heterocycles. The number of halogens is 1. The van der Waals surface area contributed by atoms with Crippen LogP contribution in [0.15, 0.2) is 53.7 Å². The summed E-state index contributed by atoms with van der Waals surface area (Å²) in [6.07, 6.45) is 3.93. The van der Waals surface area contributed by atoms with Crippen LogP contribution in [0.2, 0.25) is 0 Å². The summed E-state index contributed by atoms with van der Waals surface area (Å²) in [6.45, 7) is 5.01. The number of imidazole rings is 1. The number of benzene rings is 1. The molecule has 0 amide bonds. The predicted molar refractivity (Wildman–Crippen MR) is 122 cm³/mol. The van der Waals surface area contributed by atoms with E-state index >= 15 is 4.39 Å². The van der Waals surface area contributed by atoms with Crippen LogP contribution < -0.4 is 5.32 Å². The Morgan fingerprint density at radius 3 is 2.69 bits per heavy atom. The maximum atomic E-state index is 15.5. The normalized spacial score (nSPS) is 22.0. The second-order valence-corrected chi connectivity index (χ2v) is 10.1. The summed E-state index contributed by atoms with van der Waals surface area (Å²) in [5.74, 6) is 0.791. The number of pyridine rings is 1. The van der Waals surface area contributed by atoms with Crippen molar-refractivity contribution in [2.24, 2.45) is 0 Å². The van der Waals surface area contributed by atoms with Crippen molar-refractivity contribution >= 4 is 32.1 Å². The number of hydrogen-bond acceptors (Lipinski definition) is 5. The molecule has 1 N–H and O–H groups in total. The van der Waals surface area contributed by atoms with E-state index < -0.39 is 21.7 Å². The van der Waals surface area contributed by atoms with Gasteiger partial charge in [0.25, 0.3) is 10.0 Å². The summed E-state index contributed by atoms with van der Waals surface area (Å²) in [6, 6.07) is 10.0. The first-order valence-corrected chi connectivity index (χ1v) is 12.4. The van der Waals surface area contributed by atoms with Gasteiger partial charge in [0, 0.05) is 24.5 Å². The van der Waals surface area contributed by atoms with Crippen LogP contribution in [0, 0.1) is 0 Å². The van der Waals surface area contributed by atoms with E-state index in [1.807, 2.05) is 18.4 Å². The fourth-order valence-electron chi connectivity index (χ4n) is 4.98. The molecule has 0 spiro atoms. The van der Waals surface area contributed by atoms with Crippen LogP contribution >= 0.6 is 0 Å². The summed E-state index contributed by atoms with van der Waals surface area (Å²) in [4.78, 5) is 9.42. The molecule has 1 aromatic carbocycles. The predicted octanol–water partition coefficient (Wildman–Crippen LogP) is 3.62. The molecule has 32 heavy (non-hydrogen) atoms. The van der Waals surface area contributed by atoms with E-state index in [4.69, 9.17) is 4.98 Å². The summed E-state index contributed by atoms with van der Waals surface area (Å²) in [5.41, 5.74) is 0.990. The van der Waals surface area contributed by atoms with Crippen molar-refractivity contribution in [3.8, 4) is 0 Å². The molecule has 0 unspecified atom stereocenters. The van der Waals surface area contributed by atoms with Crippen LogP contribution in [0.4, 0.5) is 4.39 Å². The zero-order chi connectivity index (χ0) is 22.5. The molecule has 1 aliphatic rings. The van der Waals surface area contributed by atoms with Gasteiger partial charge in [0.05, 0.1) is 22.1 Å². The summed E-state index contributed by atoms with van der Waals surface area (Å²) >= 11 is 0. The van der Waals surface area contributed by atoms with Crippen LogP contribution in [0.1, 0.15) is 32.5 Å². The molecule has 2 atom stereocenters. The highest BCUT2D eigenvalue weighted by Gasteiger charge is 2.44. The SMILES string of the molecule is CCc1nc2cnc3c(ccn3S(=O)(=O)c3ccccc3)c2n1[C@]1(CC)CCNC[C@@H]1F. The number of nitrogens with zero attached hydrogens (tertiary/aromatic N) is 4. The van der Waals surface area contributed by atoms with Gasteiger partial charge < -0.3 is 9.88 Å². The lowest BCUT2D eigenvalue weighted by Crippen LogP contribution is -2.53. The number of hydrogen-bond donors (Lipinski definition) is 1. The zero-order valence-corrected chi connectivity index (χ0v) is 18.9. The molecule has 4 heterocycles. The van der Waals surface area contributed by atoms with Gasteiger partial charge >= 0.3 is 0 Å². The van der Waals surface area contributed by atoms with Gasteiger partial charge in [0.2, 0.25) is 0 Å². The molecular formula is C23H26FN5O2S. The molecule has 0 aliphatic carbocycles. The number of aryl methyl sites for hydroxylation is 1. The Morgan fingerprint density at radius 1 is 1.22 bits per heavy atom. The standard InChI is InChI=1S/C23H26FN5O2S/c1-3-20-27-18-14-26-22-17(10-13-28(22)32(30,31)16-8-6-5-7-9-16)21(18)29(20)23(4-2)11-12-25-15-19(23)24/h5-10,13-14,19,25H,3-4,11-12,15H2,1-2H3/t19-,23+/m0/s1. The third kappa shape index (κ3) is 2.91. The number of piperidine rings is 1. The fraction of sp³-hybridized carbons (Fsp3) is 0.391. The second-order valence-electron chi connectivity index (χ2n) is 8.25. The first-order valence-electron chi connectivity index (χ1n) is 11.0. The van der Waals surface area contributed by atoms with Crippen molar-refractivity contribution in [3.63, 3.8) is 0 Å². The summed E-state index contributed by atoms with van der Waals surface area (Å²) in [7, 11) is -3.82. The van der Waals surface area contributed by atoms with Crippen molar-refractivity contribution in [2.45, 2.75) is 49.7 Å². The largest absolute Gasteiger partial charge is 0.318 e. The minimum atomic E-state index is -3.82. The minimum Gasteiger partial charge on any atom is -0.318 e. The van der Waals surface area contributed by atoms with Crippen molar-refractivity contribution in [3.05, 3.63) is 54.6 Å². The van der Waals surface area contributed by atoms with Crippen LogP contribution in [0.5, 0.6) is 0 Å². The van der Waals surface area contributed by atoms with Crippen molar-refractivity contribution < 1.29 is 12.8 Å². The van der Waals surface area contributed by atoms with E-state index in [2.05, 4.69) is 10.3 Å². The highest BCUT2D eigenvalue weighted by molar-refractivity contribution is 7.90. The second kappa shape index (κ2) is 7.67. The van der Waals surface area contributed by atoms with E-state index in [9.17, 15) is 8.42 Å². The average Bonchev–Trinajstić information content (AvgIpc) is 3.42. The molecule has 4 aromatic rings. The maximum Gasteiger partial charge on any atom is 0.269 e. The Morgan fingerprint density at radius 2 is 2.00 bits per heavy atom. The Kier molecular flexibility index (Phi) is 5.05. The molecule has 3 aromatic heterocycles. The number of aromatic nitrogens is 4. The van der Waals surface area contributed by atoms with E-state index in [-0.39, 0.29) is 11.4 Å². The van der Waals surface area contributed by atoms with Gasteiger partial charge in [-0.2, -0.15) is 0 Å². The number of alkyl halides is 1. The van der Waals surface area contributed by atoms with Gasteiger partial charge in [-0.05, 0) is 37.6 Å². The topological polar surface area (TPSA) is 81.8 Å². The van der Waals surface area contributed by atoms with E-state index in [0.29, 0.717) is 42.4 Å². The Hall–Kier alpha value is -2.78. The van der Waals surface area contributed by atoms with Gasteiger partial charge in [0.1, 0.15) is 17.5 Å². The average molecular weight is 456 g/mol. The Labute approximate surface area is 186 Å². The molecule has 0 radical (unpaired) electrons. The highest BCUT2D eigenvalue weighted by atomic mass is 32.2. The van der Waals surface area contributed by atoms with Gasteiger partial charge in [-0.25, -0.2) is 26.7 Å². The van der Waals surface area contributed by atoms with Gasteiger partial charge in [-0.1, -0.05) is 32.0 Å². The number of nitrogens with one attached hydrogen (secondary N) is 1. The Balaban J connectivity index is 1.81. The molecule has 5 rings (SSSR count). The van der Waals surface area contributed by atoms with Crippen molar-refractivity contribution in [1.29, 1.82) is 0 Å². The number of fused-ring (bicyclic) bond motifs is 3. The van der Waals surface area contributed by atoms with E-state index in [1.54, 1.807) is 42.6 Å².